The van der Waals surface area contributed by atoms with Gasteiger partial charge in [0.05, 0.1) is 6.54 Å². The third-order valence-electron chi connectivity index (χ3n) is 6.05. The number of nitrogens with zero attached hydrogens (tertiary/aromatic N) is 5. The van der Waals surface area contributed by atoms with Crippen LogP contribution in [0.4, 0.5) is 5.82 Å². The second-order valence-electron chi connectivity index (χ2n) is 8.71. The summed E-state index contributed by atoms with van der Waals surface area (Å²) in [5, 5.41) is 6.82. The number of aliphatic imine (C=N–C) groups is 1. The molecule has 1 amide bonds. The fourth-order valence-corrected chi connectivity index (χ4v) is 4.12. The van der Waals surface area contributed by atoms with Crippen LogP contribution in [0.1, 0.15) is 39.7 Å². The number of aromatic nitrogens is 1. The second kappa shape index (κ2) is 13.2. The maximum Gasteiger partial charge on any atom is 0.225 e. The Morgan fingerprint density at radius 3 is 2.53 bits per heavy atom. The molecule has 2 aliphatic heterocycles. The molecule has 0 saturated carbocycles. The fraction of sp³-hybridized carbons (Fsp3) is 0.696. The summed E-state index contributed by atoms with van der Waals surface area (Å²) in [4.78, 5) is 28.4. The average molecular weight is 558 g/mol. The monoisotopic (exact) mass is 557 g/mol. The van der Waals surface area contributed by atoms with Gasteiger partial charge in [-0.15, -0.1) is 24.0 Å². The Morgan fingerprint density at radius 2 is 1.94 bits per heavy atom. The Bertz CT molecular complexity index is 732. The third-order valence-corrected chi connectivity index (χ3v) is 6.05. The third kappa shape index (κ3) is 7.47. The van der Waals surface area contributed by atoms with Gasteiger partial charge in [0.2, 0.25) is 5.91 Å². The SMILES string of the molecule is CCNC(=NCc1ccc(N2CCN(CC)CC2)nc1)NC1CCN(C(=O)C(C)C)C1.I. The molecule has 0 radical (unpaired) electrons. The summed E-state index contributed by atoms with van der Waals surface area (Å²) in [6.45, 7) is 16.5. The molecule has 3 heterocycles. The number of likely N-dealkylation sites (tertiary alicyclic amines) is 1. The van der Waals surface area contributed by atoms with E-state index < -0.39 is 0 Å². The number of likely N-dealkylation sites (N-methyl/N-ethyl adjacent to an activating group) is 1. The average Bonchev–Trinajstić information content (AvgIpc) is 3.26. The van der Waals surface area contributed by atoms with Gasteiger partial charge in [0.1, 0.15) is 5.82 Å². The van der Waals surface area contributed by atoms with Crippen molar-refractivity contribution in [1.29, 1.82) is 0 Å². The van der Waals surface area contributed by atoms with E-state index in [2.05, 4.69) is 51.4 Å². The van der Waals surface area contributed by atoms with Crippen LogP contribution in [-0.2, 0) is 11.3 Å². The van der Waals surface area contributed by atoms with Crippen molar-refractivity contribution in [2.75, 3.05) is 57.3 Å². The molecule has 1 atom stereocenters. The number of piperazine rings is 1. The van der Waals surface area contributed by atoms with Crippen molar-refractivity contribution in [2.45, 2.75) is 46.7 Å². The molecular formula is C23H40IN7O. The lowest BCUT2D eigenvalue weighted by atomic mass is 10.2. The van der Waals surface area contributed by atoms with Crippen molar-refractivity contribution in [3.63, 3.8) is 0 Å². The zero-order chi connectivity index (χ0) is 22.2. The highest BCUT2D eigenvalue weighted by Gasteiger charge is 2.28. The minimum Gasteiger partial charge on any atom is -0.357 e. The highest BCUT2D eigenvalue weighted by molar-refractivity contribution is 14.0. The summed E-state index contributed by atoms with van der Waals surface area (Å²) in [6.07, 6.45) is 2.89. The zero-order valence-electron chi connectivity index (χ0n) is 20.0. The van der Waals surface area contributed by atoms with Gasteiger partial charge in [-0.3, -0.25) is 4.79 Å². The number of anilines is 1. The summed E-state index contributed by atoms with van der Waals surface area (Å²) < 4.78 is 0. The second-order valence-corrected chi connectivity index (χ2v) is 8.71. The number of hydrogen-bond donors (Lipinski definition) is 2. The first-order chi connectivity index (χ1) is 15.0. The summed E-state index contributed by atoms with van der Waals surface area (Å²) >= 11 is 0. The van der Waals surface area contributed by atoms with E-state index >= 15 is 0 Å². The predicted octanol–water partition coefficient (Wildman–Crippen LogP) is 2.15. The summed E-state index contributed by atoms with van der Waals surface area (Å²) in [5.74, 6) is 2.13. The molecule has 1 aromatic heterocycles. The lowest BCUT2D eigenvalue weighted by molar-refractivity contribution is -0.133. The Hall–Kier alpha value is -1.62. The van der Waals surface area contributed by atoms with E-state index in [4.69, 9.17) is 4.99 Å². The van der Waals surface area contributed by atoms with Crippen LogP contribution >= 0.6 is 24.0 Å². The molecule has 180 valence electrons. The van der Waals surface area contributed by atoms with E-state index in [-0.39, 0.29) is 41.8 Å². The molecule has 0 bridgehead atoms. The number of pyridine rings is 1. The van der Waals surface area contributed by atoms with Crippen molar-refractivity contribution in [3.8, 4) is 0 Å². The van der Waals surface area contributed by atoms with Crippen LogP contribution in [0.2, 0.25) is 0 Å². The highest BCUT2D eigenvalue weighted by atomic mass is 127. The lowest BCUT2D eigenvalue weighted by Crippen LogP contribution is -2.46. The van der Waals surface area contributed by atoms with Gasteiger partial charge in [-0.05, 0) is 31.5 Å². The highest BCUT2D eigenvalue weighted by Crippen LogP contribution is 2.15. The van der Waals surface area contributed by atoms with Gasteiger partial charge in [0.15, 0.2) is 5.96 Å². The number of rotatable bonds is 7. The van der Waals surface area contributed by atoms with Crippen molar-refractivity contribution in [3.05, 3.63) is 23.9 Å². The van der Waals surface area contributed by atoms with E-state index in [0.717, 1.165) is 76.1 Å². The maximum atomic E-state index is 12.2. The quantitative estimate of drug-likeness (QED) is 0.304. The minimum atomic E-state index is 0. The van der Waals surface area contributed by atoms with Crippen LogP contribution in [0.3, 0.4) is 0 Å². The molecule has 2 saturated heterocycles. The zero-order valence-corrected chi connectivity index (χ0v) is 22.3. The Labute approximate surface area is 210 Å². The van der Waals surface area contributed by atoms with Crippen molar-refractivity contribution in [1.82, 2.24) is 25.4 Å². The largest absolute Gasteiger partial charge is 0.357 e. The first-order valence-electron chi connectivity index (χ1n) is 11.8. The Kier molecular flexibility index (Phi) is 11.0. The molecule has 0 spiro atoms. The normalized spacial score (nSPS) is 19.8. The van der Waals surface area contributed by atoms with Gasteiger partial charge in [-0.1, -0.05) is 26.8 Å². The lowest BCUT2D eigenvalue weighted by Gasteiger charge is -2.34. The van der Waals surface area contributed by atoms with Crippen LogP contribution in [0.15, 0.2) is 23.3 Å². The molecule has 0 aliphatic carbocycles. The molecule has 2 N–H and O–H groups in total. The summed E-state index contributed by atoms with van der Waals surface area (Å²) in [7, 11) is 0. The van der Waals surface area contributed by atoms with Crippen molar-refractivity contribution < 1.29 is 4.79 Å². The molecule has 1 unspecified atom stereocenters. The van der Waals surface area contributed by atoms with Crippen molar-refractivity contribution >= 4 is 41.7 Å². The van der Waals surface area contributed by atoms with Gasteiger partial charge >= 0.3 is 0 Å². The van der Waals surface area contributed by atoms with Crippen LogP contribution in [0.5, 0.6) is 0 Å². The number of carbonyl (C=O) groups excluding carboxylic acids is 1. The molecule has 0 aromatic carbocycles. The van der Waals surface area contributed by atoms with Gasteiger partial charge in [0, 0.05) is 64.0 Å². The van der Waals surface area contributed by atoms with Gasteiger partial charge in [-0.2, -0.15) is 0 Å². The summed E-state index contributed by atoms with van der Waals surface area (Å²) in [6, 6.07) is 4.47. The standard InChI is InChI=1S/C23H39N7O.HI/c1-5-24-23(27-20-9-10-30(17-20)22(31)18(3)4)26-16-19-7-8-21(25-15-19)29-13-11-28(6-2)12-14-29;/h7-8,15,18,20H,5-6,9-14,16-17H2,1-4H3,(H2,24,26,27);1H. The molecule has 2 aliphatic rings. The molecule has 1 aromatic rings. The van der Waals surface area contributed by atoms with E-state index in [1.165, 1.54) is 0 Å². The van der Waals surface area contributed by atoms with Crippen LogP contribution < -0.4 is 15.5 Å². The maximum absolute atomic E-state index is 12.2. The van der Waals surface area contributed by atoms with Gasteiger partial charge < -0.3 is 25.3 Å². The van der Waals surface area contributed by atoms with E-state index in [9.17, 15) is 4.79 Å². The van der Waals surface area contributed by atoms with E-state index in [1.807, 2.05) is 24.9 Å². The molecular weight excluding hydrogens is 517 g/mol. The minimum absolute atomic E-state index is 0. The predicted molar refractivity (Wildman–Crippen MR) is 142 cm³/mol. The molecule has 8 nitrogen and oxygen atoms in total. The van der Waals surface area contributed by atoms with E-state index in [0.29, 0.717) is 6.54 Å². The Morgan fingerprint density at radius 1 is 1.19 bits per heavy atom. The van der Waals surface area contributed by atoms with Crippen LogP contribution in [0.25, 0.3) is 0 Å². The van der Waals surface area contributed by atoms with Gasteiger partial charge in [0.25, 0.3) is 0 Å². The first kappa shape index (κ1) is 26.6. The summed E-state index contributed by atoms with van der Waals surface area (Å²) in [5.41, 5.74) is 1.09. The number of amides is 1. The number of hydrogen-bond acceptors (Lipinski definition) is 5. The molecule has 9 heteroatoms. The molecule has 3 rings (SSSR count). The topological polar surface area (TPSA) is 76.1 Å². The number of carbonyl (C=O) groups is 1. The van der Waals surface area contributed by atoms with Crippen LogP contribution in [0, 0.1) is 5.92 Å². The smallest absolute Gasteiger partial charge is 0.225 e. The van der Waals surface area contributed by atoms with E-state index in [1.54, 1.807) is 0 Å². The number of guanidine groups is 1. The van der Waals surface area contributed by atoms with Gasteiger partial charge in [-0.25, -0.2) is 9.98 Å². The number of nitrogens with one attached hydrogen (secondary N) is 2. The number of halogens is 1. The first-order valence-corrected chi connectivity index (χ1v) is 11.8. The van der Waals surface area contributed by atoms with Crippen LogP contribution in [-0.4, -0.2) is 85.1 Å². The Balaban J connectivity index is 0.00000363. The molecule has 2 fully saturated rings. The van der Waals surface area contributed by atoms with Crippen molar-refractivity contribution in [2.24, 2.45) is 10.9 Å². The fourth-order valence-electron chi connectivity index (χ4n) is 4.12. The molecule has 32 heavy (non-hydrogen) atoms.